The van der Waals surface area contributed by atoms with Gasteiger partial charge in [-0.2, -0.15) is 0 Å². The highest BCUT2D eigenvalue weighted by atomic mass is 16.4. The average molecular weight is 296 g/mol. The van der Waals surface area contributed by atoms with Crippen molar-refractivity contribution >= 4 is 12.0 Å². The van der Waals surface area contributed by atoms with Crippen molar-refractivity contribution in [3.8, 4) is 0 Å². The summed E-state index contributed by atoms with van der Waals surface area (Å²) in [7, 11) is 1.92. The monoisotopic (exact) mass is 296 g/mol. The van der Waals surface area contributed by atoms with Gasteiger partial charge in [-0.1, -0.05) is 6.92 Å². The molecule has 0 radical (unpaired) electrons. The first-order chi connectivity index (χ1) is 9.97. The number of likely N-dealkylation sites (tertiary alicyclic amines) is 1. The van der Waals surface area contributed by atoms with E-state index in [-0.39, 0.29) is 12.5 Å². The summed E-state index contributed by atoms with van der Waals surface area (Å²) in [5.41, 5.74) is 0. The molecule has 120 valence electrons. The van der Waals surface area contributed by atoms with Gasteiger partial charge in [0.05, 0.1) is 0 Å². The molecule has 2 fully saturated rings. The number of carbonyl (C=O) groups is 2. The topological polar surface area (TPSA) is 60.9 Å². The molecular formula is C16H28N2O3. The second-order valence-corrected chi connectivity index (χ2v) is 6.84. The summed E-state index contributed by atoms with van der Waals surface area (Å²) in [4.78, 5) is 27.0. The fourth-order valence-electron chi connectivity index (χ4n) is 3.58. The Labute approximate surface area is 127 Å². The highest BCUT2D eigenvalue weighted by Gasteiger charge is 2.31. The molecule has 2 rings (SSSR count). The average Bonchev–Trinajstić information content (AvgIpc) is 2.93. The molecule has 1 saturated carbocycles. The number of urea groups is 1. The van der Waals surface area contributed by atoms with Crippen LogP contribution in [0.25, 0.3) is 0 Å². The summed E-state index contributed by atoms with van der Waals surface area (Å²) in [5, 5.41) is 8.74. The Morgan fingerprint density at radius 3 is 2.48 bits per heavy atom. The number of aliphatic carboxylic acids is 1. The third-order valence-corrected chi connectivity index (χ3v) is 5.16. The third-order valence-electron chi connectivity index (χ3n) is 5.16. The van der Waals surface area contributed by atoms with Gasteiger partial charge in [0.1, 0.15) is 0 Å². The summed E-state index contributed by atoms with van der Waals surface area (Å²) in [6.45, 7) is 3.78. The van der Waals surface area contributed by atoms with E-state index in [9.17, 15) is 9.59 Å². The van der Waals surface area contributed by atoms with Crippen molar-refractivity contribution in [2.75, 3.05) is 20.1 Å². The van der Waals surface area contributed by atoms with E-state index in [2.05, 4.69) is 6.92 Å². The molecular weight excluding hydrogens is 268 g/mol. The first kappa shape index (κ1) is 16.1. The molecule has 0 aromatic rings. The van der Waals surface area contributed by atoms with Crippen molar-refractivity contribution in [1.82, 2.24) is 9.80 Å². The van der Waals surface area contributed by atoms with Crippen LogP contribution in [-0.2, 0) is 4.79 Å². The Morgan fingerprint density at radius 1 is 1.19 bits per heavy atom. The van der Waals surface area contributed by atoms with Crippen LogP contribution in [0.15, 0.2) is 0 Å². The number of hydrogen-bond acceptors (Lipinski definition) is 2. The Hall–Kier alpha value is -1.26. The molecule has 1 heterocycles. The fourth-order valence-corrected chi connectivity index (χ4v) is 3.58. The van der Waals surface area contributed by atoms with E-state index in [0.717, 1.165) is 38.3 Å². The molecule has 1 aliphatic heterocycles. The first-order valence-corrected chi connectivity index (χ1v) is 8.21. The highest BCUT2D eigenvalue weighted by molar-refractivity contribution is 5.75. The van der Waals surface area contributed by atoms with Crippen LogP contribution in [0, 0.1) is 11.8 Å². The number of amides is 2. The minimum atomic E-state index is -0.742. The summed E-state index contributed by atoms with van der Waals surface area (Å²) >= 11 is 0. The SMILES string of the molecule is CC1CCC(N(C)C(=O)N2CCC(CCC(=O)O)C2)CC1. The summed E-state index contributed by atoms with van der Waals surface area (Å²) in [6.07, 6.45) is 6.48. The normalized spacial score (nSPS) is 29.4. The molecule has 1 saturated heterocycles. The third kappa shape index (κ3) is 4.35. The predicted molar refractivity (Wildman–Crippen MR) is 81.1 cm³/mol. The zero-order valence-electron chi connectivity index (χ0n) is 13.3. The molecule has 21 heavy (non-hydrogen) atoms. The second-order valence-electron chi connectivity index (χ2n) is 6.84. The lowest BCUT2D eigenvalue weighted by Gasteiger charge is -2.35. The van der Waals surface area contributed by atoms with Crippen LogP contribution in [0.2, 0.25) is 0 Å². The van der Waals surface area contributed by atoms with Crippen molar-refractivity contribution in [2.24, 2.45) is 11.8 Å². The first-order valence-electron chi connectivity index (χ1n) is 8.21. The molecule has 2 aliphatic rings. The Morgan fingerprint density at radius 2 is 1.86 bits per heavy atom. The van der Waals surface area contributed by atoms with E-state index < -0.39 is 5.97 Å². The maximum absolute atomic E-state index is 12.5. The predicted octanol–water partition coefficient (Wildman–Crippen LogP) is 2.80. The van der Waals surface area contributed by atoms with Crippen molar-refractivity contribution in [1.29, 1.82) is 0 Å². The summed E-state index contributed by atoms with van der Waals surface area (Å²) < 4.78 is 0. The Bertz CT molecular complexity index is 378. The van der Waals surface area contributed by atoms with Crippen molar-refractivity contribution in [2.45, 2.75) is 57.9 Å². The van der Waals surface area contributed by atoms with E-state index in [1.54, 1.807) is 0 Å². The van der Waals surface area contributed by atoms with Gasteiger partial charge in [-0.3, -0.25) is 4.79 Å². The molecule has 1 unspecified atom stereocenters. The van der Waals surface area contributed by atoms with Crippen LogP contribution in [0.1, 0.15) is 51.9 Å². The lowest BCUT2D eigenvalue weighted by molar-refractivity contribution is -0.137. The highest BCUT2D eigenvalue weighted by Crippen LogP contribution is 2.28. The molecule has 1 aliphatic carbocycles. The maximum Gasteiger partial charge on any atom is 0.319 e. The van der Waals surface area contributed by atoms with E-state index in [0.29, 0.717) is 18.4 Å². The fraction of sp³-hybridized carbons (Fsp3) is 0.875. The summed E-state index contributed by atoms with van der Waals surface area (Å²) in [6, 6.07) is 0.513. The van der Waals surface area contributed by atoms with Gasteiger partial charge < -0.3 is 14.9 Å². The van der Waals surface area contributed by atoms with Crippen LogP contribution in [-0.4, -0.2) is 53.1 Å². The van der Waals surface area contributed by atoms with Crippen LogP contribution < -0.4 is 0 Å². The molecule has 0 bridgehead atoms. The summed E-state index contributed by atoms with van der Waals surface area (Å²) in [5.74, 6) is 0.398. The molecule has 5 nitrogen and oxygen atoms in total. The lowest BCUT2D eigenvalue weighted by atomic mass is 9.87. The van der Waals surface area contributed by atoms with Crippen LogP contribution in [0.3, 0.4) is 0 Å². The van der Waals surface area contributed by atoms with Gasteiger partial charge >= 0.3 is 12.0 Å². The van der Waals surface area contributed by atoms with Gasteiger partial charge in [0, 0.05) is 32.6 Å². The van der Waals surface area contributed by atoms with Crippen LogP contribution in [0.4, 0.5) is 4.79 Å². The molecule has 0 aromatic heterocycles. The Balaban J connectivity index is 1.79. The molecule has 0 aromatic carbocycles. The number of hydrogen-bond donors (Lipinski definition) is 1. The standard InChI is InChI=1S/C16H28N2O3/c1-12-3-6-14(7-4-12)17(2)16(21)18-10-9-13(11-18)5-8-15(19)20/h12-14H,3-11H2,1-2H3,(H,19,20). The zero-order valence-corrected chi connectivity index (χ0v) is 13.3. The number of carboxylic acid groups (broad SMARTS) is 1. The quantitative estimate of drug-likeness (QED) is 0.867. The smallest absolute Gasteiger partial charge is 0.319 e. The number of carboxylic acids is 1. The lowest BCUT2D eigenvalue weighted by Crippen LogP contribution is -2.46. The largest absolute Gasteiger partial charge is 0.481 e. The Kier molecular flexibility index (Phi) is 5.48. The van der Waals surface area contributed by atoms with Gasteiger partial charge in [-0.15, -0.1) is 0 Å². The van der Waals surface area contributed by atoms with Gasteiger partial charge in [-0.05, 0) is 50.4 Å². The van der Waals surface area contributed by atoms with Crippen molar-refractivity contribution < 1.29 is 14.7 Å². The van der Waals surface area contributed by atoms with Gasteiger partial charge in [0.15, 0.2) is 0 Å². The van der Waals surface area contributed by atoms with Crippen molar-refractivity contribution in [3.05, 3.63) is 0 Å². The molecule has 1 atom stereocenters. The van der Waals surface area contributed by atoms with E-state index >= 15 is 0 Å². The van der Waals surface area contributed by atoms with E-state index in [4.69, 9.17) is 5.11 Å². The molecule has 2 amide bonds. The van der Waals surface area contributed by atoms with Crippen molar-refractivity contribution in [3.63, 3.8) is 0 Å². The number of rotatable bonds is 4. The minimum absolute atomic E-state index is 0.132. The van der Waals surface area contributed by atoms with Gasteiger partial charge in [0.25, 0.3) is 0 Å². The zero-order chi connectivity index (χ0) is 15.4. The second kappa shape index (κ2) is 7.14. The van der Waals surface area contributed by atoms with E-state index in [1.807, 2.05) is 16.8 Å². The van der Waals surface area contributed by atoms with Crippen LogP contribution in [0.5, 0.6) is 0 Å². The van der Waals surface area contributed by atoms with E-state index in [1.165, 1.54) is 12.8 Å². The number of carbonyl (C=O) groups excluding carboxylic acids is 1. The van der Waals surface area contributed by atoms with Gasteiger partial charge in [0.2, 0.25) is 0 Å². The molecule has 5 heteroatoms. The van der Waals surface area contributed by atoms with Crippen LogP contribution >= 0.6 is 0 Å². The number of nitrogens with zero attached hydrogens (tertiary/aromatic N) is 2. The van der Waals surface area contributed by atoms with Gasteiger partial charge in [-0.25, -0.2) is 4.79 Å². The minimum Gasteiger partial charge on any atom is -0.481 e. The molecule has 1 N–H and O–H groups in total. The molecule has 0 spiro atoms. The maximum atomic E-state index is 12.5.